The average Bonchev–Trinajstić information content (AvgIpc) is 2.84. The van der Waals surface area contributed by atoms with Crippen molar-refractivity contribution in [2.24, 2.45) is 0 Å². The first-order valence-corrected chi connectivity index (χ1v) is 12.1. The SMILES string of the molecule is CCCc1ccc(C#Cc2ccc3cc(CCc4ccc(CCC)cc4)ccc3c2F)cc1. The average molecular weight is 435 g/mol. The molecule has 166 valence electrons. The van der Waals surface area contributed by atoms with E-state index in [0.29, 0.717) is 10.9 Å². The number of rotatable bonds is 7. The molecule has 0 atom stereocenters. The summed E-state index contributed by atoms with van der Waals surface area (Å²) in [7, 11) is 0. The zero-order valence-electron chi connectivity index (χ0n) is 19.6. The van der Waals surface area contributed by atoms with Crippen molar-refractivity contribution in [2.45, 2.75) is 52.4 Å². The summed E-state index contributed by atoms with van der Waals surface area (Å²) < 4.78 is 15.1. The molecule has 0 aliphatic heterocycles. The Labute approximate surface area is 197 Å². The zero-order chi connectivity index (χ0) is 23.0. The third-order valence-electron chi connectivity index (χ3n) is 6.12. The minimum Gasteiger partial charge on any atom is -0.205 e. The summed E-state index contributed by atoms with van der Waals surface area (Å²) in [5.41, 5.74) is 6.63. The molecule has 0 amide bonds. The highest BCUT2D eigenvalue weighted by Crippen LogP contribution is 2.23. The van der Waals surface area contributed by atoms with Gasteiger partial charge in [-0.1, -0.05) is 99.2 Å². The molecule has 0 unspecified atom stereocenters. The van der Waals surface area contributed by atoms with Crippen LogP contribution in [0.4, 0.5) is 4.39 Å². The van der Waals surface area contributed by atoms with Gasteiger partial charge in [0, 0.05) is 10.9 Å². The molecule has 0 aromatic heterocycles. The minimum absolute atomic E-state index is 0.235. The molecule has 33 heavy (non-hydrogen) atoms. The molecule has 1 heteroatoms. The smallest absolute Gasteiger partial charge is 0.146 e. The Hall–Kier alpha value is -3.37. The monoisotopic (exact) mass is 434 g/mol. The zero-order valence-corrected chi connectivity index (χ0v) is 19.6. The van der Waals surface area contributed by atoms with E-state index < -0.39 is 0 Å². The van der Waals surface area contributed by atoms with Gasteiger partial charge in [0.25, 0.3) is 0 Å². The van der Waals surface area contributed by atoms with E-state index in [1.807, 2.05) is 30.3 Å². The van der Waals surface area contributed by atoms with Gasteiger partial charge >= 0.3 is 0 Å². The van der Waals surface area contributed by atoms with Gasteiger partial charge in [-0.15, -0.1) is 0 Å². The van der Waals surface area contributed by atoms with E-state index in [1.54, 1.807) is 6.07 Å². The molecule has 0 heterocycles. The summed E-state index contributed by atoms with van der Waals surface area (Å²) >= 11 is 0. The van der Waals surface area contributed by atoms with Crippen LogP contribution >= 0.6 is 0 Å². The van der Waals surface area contributed by atoms with Gasteiger partial charge in [0.05, 0.1) is 5.56 Å². The molecule has 4 aromatic rings. The lowest BCUT2D eigenvalue weighted by molar-refractivity contribution is 0.636. The molecule has 0 fully saturated rings. The van der Waals surface area contributed by atoms with Crippen molar-refractivity contribution in [3.05, 3.63) is 118 Å². The fourth-order valence-corrected chi connectivity index (χ4v) is 4.23. The van der Waals surface area contributed by atoms with E-state index in [0.717, 1.165) is 43.1 Å². The first kappa shape index (κ1) is 22.8. The fourth-order valence-electron chi connectivity index (χ4n) is 4.23. The molecular formula is C32H31F. The lowest BCUT2D eigenvalue weighted by Crippen LogP contribution is -1.94. The normalized spacial score (nSPS) is 10.8. The number of fused-ring (bicyclic) bond motifs is 1. The predicted octanol–water partition coefficient (Wildman–Crippen LogP) is 8.07. The molecular weight excluding hydrogens is 403 g/mol. The van der Waals surface area contributed by atoms with Crippen LogP contribution in [0.1, 0.15) is 60.1 Å². The summed E-state index contributed by atoms with van der Waals surface area (Å²) in [5.74, 6) is 5.89. The molecule has 0 N–H and O–H groups in total. The van der Waals surface area contributed by atoms with Crippen molar-refractivity contribution in [2.75, 3.05) is 0 Å². The third-order valence-corrected chi connectivity index (χ3v) is 6.12. The lowest BCUT2D eigenvalue weighted by Gasteiger charge is -2.07. The maximum absolute atomic E-state index is 15.1. The molecule has 0 saturated carbocycles. The van der Waals surface area contributed by atoms with Crippen LogP contribution in [0.25, 0.3) is 10.8 Å². The van der Waals surface area contributed by atoms with E-state index in [9.17, 15) is 0 Å². The minimum atomic E-state index is -0.235. The fraction of sp³-hybridized carbons (Fsp3) is 0.250. The number of halogens is 1. The Bertz CT molecular complexity index is 1270. The van der Waals surface area contributed by atoms with Crippen molar-refractivity contribution in [3.8, 4) is 11.8 Å². The topological polar surface area (TPSA) is 0 Å². The van der Waals surface area contributed by atoms with Crippen molar-refractivity contribution >= 4 is 10.8 Å². The quantitative estimate of drug-likeness (QED) is 0.258. The second-order valence-electron chi connectivity index (χ2n) is 8.75. The second kappa shape index (κ2) is 11.0. The molecule has 4 aromatic carbocycles. The van der Waals surface area contributed by atoms with E-state index in [4.69, 9.17) is 0 Å². The molecule has 0 saturated heterocycles. The maximum atomic E-state index is 15.1. The highest BCUT2D eigenvalue weighted by atomic mass is 19.1. The van der Waals surface area contributed by atoms with Crippen LogP contribution in [0.2, 0.25) is 0 Å². The van der Waals surface area contributed by atoms with Gasteiger partial charge in [-0.2, -0.15) is 0 Å². The van der Waals surface area contributed by atoms with Crippen LogP contribution < -0.4 is 0 Å². The van der Waals surface area contributed by atoms with Crippen LogP contribution in [-0.4, -0.2) is 0 Å². The van der Waals surface area contributed by atoms with Crippen LogP contribution in [0.5, 0.6) is 0 Å². The summed E-state index contributed by atoms with van der Waals surface area (Å²) in [6.45, 7) is 4.38. The Morgan fingerprint density at radius 3 is 1.76 bits per heavy atom. The number of benzene rings is 4. The van der Waals surface area contributed by atoms with Gasteiger partial charge in [-0.3, -0.25) is 0 Å². The third kappa shape index (κ3) is 5.91. The van der Waals surface area contributed by atoms with Crippen LogP contribution in [-0.2, 0) is 25.7 Å². The highest BCUT2D eigenvalue weighted by Gasteiger charge is 2.07. The van der Waals surface area contributed by atoms with Gasteiger partial charge in [0.15, 0.2) is 0 Å². The molecule has 0 bridgehead atoms. The van der Waals surface area contributed by atoms with E-state index >= 15 is 4.39 Å². The van der Waals surface area contributed by atoms with Crippen molar-refractivity contribution in [1.82, 2.24) is 0 Å². The van der Waals surface area contributed by atoms with Crippen molar-refractivity contribution < 1.29 is 4.39 Å². The predicted molar refractivity (Wildman–Crippen MR) is 138 cm³/mol. The number of hydrogen-bond acceptors (Lipinski definition) is 0. The van der Waals surface area contributed by atoms with Crippen molar-refractivity contribution in [1.29, 1.82) is 0 Å². The van der Waals surface area contributed by atoms with Crippen LogP contribution in [0.3, 0.4) is 0 Å². The molecule has 0 aliphatic rings. The largest absolute Gasteiger partial charge is 0.205 e. The van der Waals surface area contributed by atoms with Gasteiger partial charge in [-0.25, -0.2) is 4.39 Å². The van der Waals surface area contributed by atoms with Crippen LogP contribution in [0.15, 0.2) is 78.9 Å². The van der Waals surface area contributed by atoms with Gasteiger partial charge in [0.2, 0.25) is 0 Å². The van der Waals surface area contributed by atoms with E-state index in [-0.39, 0.29) is 5.82 Å². The summed E-state index contributed by atoms with van der Waals surface area (Å²) in [4.78, 5) is 0. The summed E-state index contributed by atoms with van der Waals surface area (Å²) in [5, 5.41) is 1.56. The van der Waals surface area contributed by atoms with Crippen LogP contribution in [0, 0.1) is 17.7 Å². The summed E-state index contributed by atoms with van der Waals surface area (Å²) in [6.07, 6.45) is 6.43. The number of hydrogen-bond donors (Lipinski definition) is 0. The Morgan fingerprint density at radius 2 is 1.12 bits per heavy atom. The second-order valence-corrected chi connectivity index (χ2v) is 8.75. The van der Waals surface area contributed by atoms with Gasteiger partial charge < -0.3 is 0 Å². The molecule has 4 rings (SSSR count). The molecule has 0 spiro atoms. The van der Waals surface area contributed by atoms with Gasteiger partial charge in [-0.05, 0) is 71.5 Å². The summed E-state index contributed by atoms with van der Waals surface area (Å²) in [6, 6.07) is 27.0. The Balaban J connectivity index is 1.47. The number of aryl methyl sites for hydroxylation is 4. The molecule has 0 nitrogen and oxygen atoms in total. The Morgan fingerprint density at radius 1 is 0.576 bits per heavy atom. The maximum Gasteiger partial charge on any atom is 0.146 e. The molecule has 0 aliphatic carbocycles. The highest BCUT2D eigenvalue weighted by molar-refractivity contribution is 5.85. The molecule has 0 radical (unpaired) electrons. The standard InChI is InChI=1S/C32H31F/c1-3-5-24-7-11-26(12-8-24)15-16-28-18-22-31-30(23-28)21-20-29(32(31)33)19-17-27-13-9-25(6-4-2)10-14-27/h7-14,18,20-23H,3-6,15-16H2,1-2H3. The first-order valence-electron chi connectivity index (χ1n) is 12.1. The first-order chi connectivity index (χ1) is 16.2. The van der Waals surface area contributed by atoms with Gasteiger partial charge in [0.1, 0.15) is 5.82 Å². The Kier molecular flexibility index (Phi) is 7.59. The van der Waals surface area contributed by atoms with E-state index in [2.05, 4.69) is 68.2 Å². The lowest BCUT2D eigenvalue weighted by atomic mass is 9.98. The van der Waals surface area contributed by atoms with Crippen molar-refractivity contribution in [3.63, 3.8) is 0 Å². The van der Waals surface area contributed by atoms with E-state index in [1.165, 1.54) is 28.7 Å².